The van der Waals surface area contributed by atoms with Crippen LogP contribution in [-0.2, 0) is 7.05 Å². The Bertz CT molecular complexity index is 429. The first kappa shape index (κ1) is 12.2. The quantitative estimate of drug-likeness (QED) is 0.773. The predicted molar refractivity (Wildman–Crippen MR) is 57.4 cm³/mol. The lowest BCUT2D eigenvalue weighted by atomic mass is 10.1. The number of hydrogen-bond donors (Lipinski definition) is 2. The summed E-state index contributed by atoms with van der Waals surface area (Å²) in [6, 6.07) is 0. The lowest BCUT2D eigenvalue weighted by Gasteiger charge is -2.19. The van der Waals surface area contributed by atoms with Crippen LogP contribution in [0.25, 0.3) is 0 Å². The molecule has 1 rings (SSSR count). The van der Waals surface area contributed by atoms with Gasteiger partial charge in [0.15, 0.2) is 5.69 Å². The Balaban J connectivity index is 3.04. The Morgan fingerprint density at radius 2 is 2.00 bits per heavy atom. The summed E-state index contributed by atoms with van der Waals surface area (Å²) in [5, 5.41) is 15.4. The lowest BCUT2D eigenvalue weighted by molar-refractivity contribution is 0.0689. The van der Waals surface area contributed by atoms with Gasteiger partial charge in [0.1, 0.15) is 5.56 Å². The molecule has 0 saturated heterocycles. The van der Waals surface area contributed by atoms with Gasteiger partial charge in [-0.3, -0.25) is 9.48 Å². The number of hydrogen-bond acceptors (Lipinski definition) is 3. The molecule has 0 fully saturated rings. The zero-order valence-electron chi connectivity index (χ0n) is 9.74. The molecule has 0 unspecified atom stereocenters. The highest BCUT2D eigenvalue weighted by Gasteiger charge is 2.23. The number of carbonyl (C=O) groups excluding carboxylic acids is 1. The number of carboxylic acids is 1. The molecule has 2 N–H and O–H groups in total. The Labute approximate surface area is 93.3 Å². The van der Waals surface area contributed by atoms with Crippen LogP contribution in [0.4, 0.5) is 0 Å². The van der Waals surface area contributed by atoms with Gasteiger partial charge in [0.25, 0.3) is 5.91 Å². The summed E-state index contributed by atoms with van der Waals surface area (Å²) in [6.07, 6.45) is 1.31. The van der Waals surface area contributed by atoms with Crippen molar-refractivity contribution in [2.45, 2.75) is 26.3 Å². The average molecular weight is 225 g/mol. The normalized spacial score (nSPS) is 11.2. The topological polar surface area (TPSA) is 84.2 Å². The molecule has 1 aromatic heterocycles. The number of nitrogens with one attached hydrogen (secondary N) is 1. The van der Waals surface area contributed by atoms with Crippen molar-refractivity contribution in [3.8, 4) is 0 Å². The van der Waals surface area contributed by atoms with E-state index in [1.807, 2.05) is 20.8 Å². The Morgan fingerprint density at radius 3 is 2.44 bits per heavy atom. The molecular formula is C10H15N3O3. The van der Waals surface area contributed by atoms with E-state index < -0.39 is 17.4 Å². The first-order valence-corrected chi connectivity index (χ1v) is 4.80. The highest BCUT2D eigenvalue weighted by Crippen LogP contribution is 2.08. The van der Waals surface area contributed by atoms with Crippen LogP contribution in [0.3, 0.4) is 0 Å². The molecule has 0 saturated carbocycles. The van der Waals surface area contributed by atoms with E-state index in [9.17, 15) is 9.59 Å². The van der Waals surface area contributed by atoms with Gasteiger partial charge < -0.3 is 10.4 Å². The van der Waals surface area contributed by atoms with Gasteiger partial charge in [-0.25, -0.2) is 4.79 Å². The van der Waals surface area contributed by atoms with E-state index >= 15 is 0 Å². The van der Waals surface area contributed by atoms with E-state index in [2.05, 4.69) is 10.4 Å². The molecule has 0 aromatic carbocycles. The minimum absolute atomic E-state index is 0.0649. The summed E-state index contributed by atoms with van der Waals surface area (Å²) in [4.78, 5) is 22.6. The van der Waals surface area contributed by atoms with E-state index in [1.165, 1.54) is 10.9 Å². The first-order chi connectivity index (χ1) is 7.20. The molecule has 0 aliphatic carbocycles. The number of aromatic nitrogens is 2. The van der Waals surface area contributed by atoms with E-state index in [-0.39, 0.29) is 11.3 Å². The van der Waals surface area contributed by atoms with E-state index in [4.69, 9.17) is 5.11 Å². The van der Waals surface area contributed by atoms with Crippen LogP contribution in [-0.4, -0.2) is 32.3 Å². The maximum Gasteiger partial charge on any atom is 0.339 e. The van der Waals surface area contributed by atoms with Gasteiger partial charge in [-0.05, 0) is 20.8 Å². The third-order valence-corrected chi connectivity index (χ3v) is 1.76. The Hall–Kier alpha value is -1.85. The van der Waals surface area contributed by atoms with Crippen molar-refractivity contribution in [1.82, 2.24) is 15.1 Å². The predicted octanol–water partition coefficient (Wildman–Crippen LogP) is 0.647. The highest BCUT2D eigenvalue weighted by atomic mass is 16.4. The molecule has 1 heterocycles. The molecule has 16 heavy (non-hydrogen) atoms. The van der Waals surface area contributed by atoms with Crippen LogP contribution < -0.4 is 5.32 Å². The number of aryl methyl sites for hydroxylation is 1. The maximum absolute atomic E-state index is 11.7. The largest absolute Gasteiger partial charge is 0.478 e. The van der Waals surface area contributed by atoms with Gasteiger partial charge in [-0.1, -0.05) is 0 Å². The van der Waals surface area contributed by atoms with E-state index in [1.54, 1.807) is 7.05 Å². The summed E-state index contributed by atoms with van der Waals surface area (Å²) in [7, 11) is 1.57. The number of carbonyl (C=O) groups is 2. The van der Waals surface area contributed by atoms with Gasteiger partial charge >= 0.3 is 5.97 Å². The third-order valence-electron chi connectivity index (χ3n) is 1.76. The van der Waals surface area contributed by atoms with E-state index in [0.717, 1.165) is 0 Å². The second-order valence-corrected chi connectivity index (χ2v) is 4.57. The molecule has 0 atom stereocenters. The second-order valence-electron chi connectivity index (χ2n) is 4.57. The summed E-state index contributed by atoms with van der Waals surface area (Å²) in [6.45, 7) is 5.44. The van der Waals surface area contributed by atoms with Crippen LogP contribution >= 0.6 is 0 Å². The van der Waals surface area contributed by atoms with Gasteiger partial charge in [0.2, 0.25) is 0 Å². The monoisotopic (exact) mass is 225 g/mol. The van der Waals surface area contributed by atoms with Crippen LogP contribution in [0, 0.1) is 0 Å². The third kappa shape index (κ3) is 2.82. The molecule has 0 bridgehead atoms. The molecule has 6 heteroatoms. The number of rotatable bonds is 2. The second kappa shape index (κ2) is 3.96. The van der Waals surface area contributed by atoms with Crippen molar-refractivity contribution in [1.29, 1.82) is 0 Å². The average Bonchev–Trinajstić information content (AvgIpc) is 2.44. The summed E-state index contributed by atoms with van der Waals surface area (Å²) in [5.41, 5.74) is -0.584. The van der Waals surface area contributed by atoms with E-state index in [0.29, 0.717) is 0 Å². The van der Waals surface area contributed by atoms with Crippen LogP contribution in [0.2, 0.25) is 0 Å². The number of nitrogens with zero attached hydrogens (tertiary/aromatic N) is 2. The molecule has 0 spiro atoms. The van der Waals surface area contributed by atoms with Crippen molar-refractivity contribution in [3.63, 3.8) is 0 Å². The Morgan fingerprint density at radius 1 is 1.44 bits per heavy atom. The minimum Gasteiger partial charge on any atom is -0.478 e. The highest BCUT2D eigenvalue weighted by molar-refractivity contribution is 6.03. The van der Waals surface area contributed by atoms with Gasteiger partial charge in [0.05, 0.1) is 0 Å². The maximum atomic E-state index is 11.7. The SMILES string of the molecule is Cn1cc(C(=O)O)c(C(=O)NC(C)(C)C)n1. The van der Waals surface area contributed by atoms with Crippen LogP contribution in [0.5, 0.6) is 0 Å². The molecule has 0 aliphatic rings. The molecule has 0 aliphatic heterocycles. The van der Waals surface area contributed by atoms with Crippen molar-refractivity contribution >= 4 is 11.9 Å². The molecule has 6 nitrogen and oxygen atoms in total. The molecule has 1 amide bonds. The number of carboxylic acid groups (broad SMARTS) is 1. The van der Waals surface area contributed by atoms with Crippen molar-refractivity contribution in [2.24, 2.45) is 7.05 Å². The Kier molecular flexibility index (Phi) is 3.02. The summed E-state index contributed by atoms with van der Waals surface area (Å²) in [5.74, 6) is -1.64. The van der Waals surface area contributed by atoms with Crippen LogP contribution in [0.15, 0.2) is 6.20 Å². The first-order valence-electron chi connectivity index (χ1n) is 4.80. The molecule has 88 valence electrons. The van der Waals surface area contributed by atoms with Gasteiger partial charge in [-0.2, -0.15) is 5.10 Å². The van der Waals surface area contributed by atoms with Crippen molar-refractivity contribution < 1.29 is 14.7 Å². The zero-order chi connectivity index (χ0) is 12.5. The molecular weight excluding hydrogens is 210 g/mol. The van der Waals surface area contributed by atoms with Gasteiger partial charge in [-0.15, -0.1) is 0 Å². The fraction of sp³-hybridized carbons (Fsp3) is 0.500. The fourth-order valence-electron chi connectivity index (χ4n) is 1.21. The smallest absolute Gasteiger partial charge is 0.339 e. The minimum atomic E-state index is -1.16. The summed E-state index contributed by atoms with van der Waals surface area (Å²) >= 11 is 0. The standard InChI is InChI=1S/C10H15N3O3/c1-10(2,3)11-8(14)7-6(9(15)16)5-13(4)12-7/h5H,1-4H3,(H,11,14)(H,15,16). The zero-order valence-corrected chi connectivity index (χ0v) is 9.74. The molecule has 0 radical (unpaired) electrons. The van der Waals surface area contributed by atoms with Crippen molar-refractivity contribution in [3.05, 3.63) is 17.5 Å². The lowest BCUT2D eigenvalue weighted by Crippen LogP contribution is -2.41. The molecule has 1 aromatic rings. The van der Waals surface area contributed by atoms with Gasteiger partial charge in [0, 0.05) is 18.8 Å². The fourth-order valence-corrected chi connectivity index (χ4v) is 1.21. The van der Waals surface area contributed by atoms with Crippen LogP contribution in [0.1, 0.15) is 41.6 Å². The summed E-state index contributed by atoms with van der Waals surface area (Å²) < 4.78 is 1.31. The van der Waals surface area contributed by atoms with Crippen molar-refractivity contribution in [2.75, 3.05) is 0 Å². The number of aromatic carboxylic acids is 1. The number of amides is 1.